The molecule has 16 N–H and O–H groups in total. The summed E-state index contributed by atoms with van der Waals surface area (Å²) < 4.78 is -1.22. The Kier molecular flexibility index (Phi) is 29.5. The summed E-state index contributed by atoms with van der Waals surface area (Å²) >= 11 is 3.32. The van der Waals surface area contributed by atoms with E-state index >= 15 is 14.4 Å². The molecule has 10 rings (SSSR count). The molecular weight excluding hydrogens is 1450 g/mol. The first-order valence-electron chi connectivity index (χ1n) is 36.2. The molecule has 15 atom stereocenters. The van der Waals surface area contributed by atoms with Gasteiger partial charge in [0.1, 0.15) is 36.0 Å². The summed E-state index contributed by atoms with van der Waals surface area (Å²) in [6.45, 7) is 4.49. The van der Waals surface area contributed by atoms with Crippen LogP contribution in [0.2, 0.25) is 0 Å². The standard InChI is InChI=1S/C75H102IN15O11S/c1-4-15-56-70(98)88-60(36-45-16-7-5-8-17-45)73(101)83-44(2)68(96)85-57(21-11-12-30-77)72(100)89-67(76)74(102)91-33-29-55(66(95)62(91)37-46-18-9-6-10-19-46)80-32-28-49(69(97)86-58(71(99)87-56)23-14-31-81-75(78)79)39-63(93)59(35-47-24-26-51(92)27-25-47)84-64(94)43-103-42-48-34-53-52-20-13-22-54-65(52)50(40-82-54)38-61(53)90(3)41-48/h5-10,13,16-20,22,24-27,40,44,48-49,52-53,55-62,65,67,80,82,92H,4,11-12,14-15,21,23,28-39,41-43,77H2,1-3H3,(H,83,101)(H,84,94)(H,85,96)(H,86,97)(H,87,99)(H,88,98)(H,89,100)(H4,78,79,81)/t44-,48-,49+,52?,53-,55?,56+,57+,58+,59+,60+,61-,62?,65?,67-/m1/s1. The maximum absolute atomic E-state index is 15.3. The summed E-state index contributed by atoms with van der Waals surface area (Å²) in [5, 5.41) is 36.9. The average Bonchev–Trinajstić information content (AvgIpc) is 1.67. The number of Topliss-reactive ketones (excluding diaryl/α,β-unsaturated/α-hetero) is 2. The molecule has 2 aliphatic carbocycles. The van der Waals surface area contributed by atoms with E-state index in [0.717, 1.165) is 24.9 Å². The van der Waals surface area contributed by atoms with Crippen molar-refractivity contribution < 1.29 is 53.1 Å². The Bertz CT molecular complexity index is 3600. The van der Waals surface area contributed by atoms with Crippen LogP contribution in [-0.2, 0) is 67.2 Å². The third-order valence-corrected chi connectivity index (χ3v) is 22.5. The molecule has 5 heterocycles. The van der Waals surface area contributed by atoms with Crippen molar-refractivity contribution in [1.82, 2.24) is 57.7 Å². The number of amides is 8. The number of nitrogens with two attached hydrogens (primary N) is 3. The quantitative estimate of drug-likeness (QED) is 0.0117. The number of phenols is 1. The van der Waals surface area contributed by atoms with Crippen molar-refractivity contribution in [3.05, 3.63) is 137 Å². The van der Waals surface area contributed by atoms with E-state index in [-0.39, 0.29) is 107 Å². The van der Waals surface area contributed by atoms with Gasteiger partial charge in [-0.1, -0.05) is 98.3 Å². The topological polar surface area (TPSA) is 396 Å². The highest BCUT2D eigenvalue weighted by atomic mass is 127. The Morgan fingerprint density at radius 3 is 2.09 bits per heavy atom. The van der Waals surface area contributed by atoms with Crippen molar-refractivity contribution in [2.75, 3.05) is 51.3 Å². The van der Waals surface area contributed by atoms with Crippen molar-refractivity contribution >= 4 is 99.1 Å². The van der Waals surface area contributed by atoms with Crippen molar-refractivity contribution in [3.8, 4) is 5.75 Å². The first-order chi connectivity index (χ1) is 49.6. The molecule has 5 aliphatic heterocycles. The lowest BCUT2D eigenvalue weighted by atomic mass is 9.62. The number of fused-ring (bicyclic) bond motifs is 26. The molecule has 1 saturated carbocycles. The minimum absolute atomic E-state index is 0.000732. The maximum atomic E-state index is 15.3. The third-order valence-electron chi connectivity index (χ3n) is 20.5. The molecule has 0 aromatic heterocycles. The van der Waals surface area contributed by atoms with E-state index in [1.54, 1.807) is 49.4 Å². The van der Waals surface area contributed by atoms with Crippen LogP contribution in [0, 0.1) is 29.6 Å². The van der Waals surface area contributed by atoms with Gasteiger partial charge in [0, 0.05) is 68.7 Å². The lowest BCUT2D eigenvalue weighted by Gasteiger charge is -2.51. The van der Waals surface area contributed by atoms with Gasteiger partial charge in [0.15, 0.2) is 21.6 Å². The number of rotatable bonds is 24. The van der Waals surface area contributed by atoms with Gasteiger partial charge in [-0.25, -0.2) is 0 Å². The Morgan fingerprint density at radius 1 is 0.757 bits per heavy atom. The number of carbonyl (C=O) groups is 10. The number of thioether (sulfide) groups is 1. The number of nitrogens with zero attached hydrogens (tertiary/aromatic N) is 3. The molecule has 8 amide bonds. The molecule has 28 heteroatoms. The molecule has 0 radical (unpaired) electrons. The van der Waals surface area contributed by atoms with Crippen molar-refractivity contribution in [3.63, 3.8) is 0 Å². The number of hydrogen-bond acceptors (Lipinski definition) is 17. The lowest BCUT2D eigenvalue weighted by Crippen LogP contribution is -2.62. The molecule has 7 aliphatic rings. The SMILES string of the molecule is CCC[C@@H]1NC(=O)[C@H](CCCN=C(N)N)NC(=O)[C@H](CC(=O)[C@H](Cc2ccc(O)cc2)NC(=O)CSC[C@@H]2C[C@@H]3C4C=CC=C5NC=C(C[C@H]3N(C)C2)C54)CCNC2CCN(C(=O)[C@H](I)NC(=O)[C@H](CCCCN)NC(=O)[C@@H](C)NC(=O)[C@H](Cc3ccccc3)NC1=O)C(Cc1ccccc1)C2=O. The molecule has 4 saturated heterocycles. The van der Waals surface area contributed by atoms with Gasteiger partial charge in [-0.3, -0.25) is 52.9 Å². The molecule has 2 bridgehead atoms. The monoisotopic (exact) mass is 1550 g/mol. The molecule has 5 fully saturated rings. The van der Waals surface area contributed by atoms with Crippen LogP contribution in [0.25, 0.3) is 0 Å². The zero-order valence-corrected chi connectivity index (χ0v) is 62.0. The number of likely N-dealkylation sites (tertiary alicyclic amines) is 1. The van der Waals surface area contributed by atoms with Gasteiger partial charge in [-0.15, -0.1) is 0 Å². The third kappa shape index (κ3) is 22.2. The number of phenolic OH excluding ortho intramolecular Hbond substituents is 1. The van der Waals surface area contributed by atoms with Crippen molar-refractivity contribution in [1.29, 1.82) is 0 Å². The minimum Gasteiger partial charge on any atom is -0.508 e. The fourth-order valence-corrected chi connectivity index (χ4v) is 16.7. The number of nitrogens with one attached hydrogen (secondary N) is 9. The second kappa shape index (κ2) is 38.5. The predicted molar refractivity (Wildman–Crippen MR) is 403 cm³/mol. The summed E-state index contributed by atoms with van der Waals surface area (Å²) in [5.41, 5.74) is 22.0. The number of aromatic hydroxyl groups is 1. The Labute approximate surface area is 620 Å². The second-order valence-electron chi connectivity index (χ2n) is 28.1. The number of carbonyl (C=O) groups excluding carboxylic acids is 10. The fourth-order valence-electron chi connectivity index (χ4n) is 15.1. The van der Waals surface area contributed by atoms with Gasteiger partial charge >= 0.3 is 0 Å². The highest BCUT2D eigenvalue weighted by Gasteiger charge is 2.49. The molecule has 3 aromatic carbocycles. The fraction of sp³-hybridized carbons (Fsp3) is 0.533. The van der Waals surface area contributed by atoms with Crippen LogP contribution >= 0.6 is 34.4 Å². The summed E-state index contributed by atoms with van der Waals surface area (Å²) in [5.74, 6) is -5.41. The smallest absolute Gasteiger partial charge is 0.256 e. The highest BCUT2D eigenvalue weighted by Crippen LogP contribution is 2.51. The van der Waals surface area contributed by atoms with Crippen LogP contribution in [0.3, 0.4) is 0 Å². The zero-order valence-electron chi connectivity index (χ0n) is 59.0. The van der Waals surface area contributed by atoms with Gasteiger partial charge in [0.2, 0.25) is 41.4 Å². The Morgan fingerprint density at radius 2 is 1.40 bits per heavy atom. The zero-order chi connectivity index (χ0) is 73.7. The first kappa shape index (κ1) is 78.9. The van der Waals surface area contributed by atoms with Gasteiger partial charge in [-0.2, -0.15) is 11.8 Å². The van der Waals surface area contributed by atoms with E-state index < -0.39 is 112 Å². The number of benzene rings is 3. The molecular formula is C75H102IN15O11S. The summed E-state index contributed by atoms with van der Waals surface area (Å²) in [6.07, 6.45) is 12.1. The Balaban J connectivity index is 1.00. The van der Waals surface area contributed by atoms with Gasteiger partial charge < -0.3 is 80.0 Å². The van der Waals surface area contributed by atoms with Crippen LogP contribution in [0.15, 0.2) is 126 Å². The van der Waals surface area contributed by atoms with Crippen LogP contribution in [0.1, 0.15) is 108 Å². The van der Waals surface area contributed by atoms with Crippen LogP contribution in [0.4, 0.5) is 0 Å². The van der Waals surface area contributed by atoms with E-state index in [2.05, 4.69) is 89.2 Å². The molecule has 0 spiro atoms. The highest BCUT2D eigenvalue weighted by molar-refractivity contribution is 14.1. The van der Waals surface area contributed by atoms with Gasteiger partial charge in [0.05, 0.1) is 23.9 Å². The first-order valence-corrected chi connectivity index (χ1v) is 38.6. The normalized spacial score (nSPS) is 27.9. The largest absolute Gasteiger partial charge is 0.508 e. The summed E-state index contributed by atoms with van der Waals surface area (Å²) in [7, 11) is 2.19. The number of allylic oxidation sites excluding steroid dienone is 4. The lowest BCUT2D eigenvalue weighted by molar-refractivity contribution is -0.144. The molecule has 556 valence electrons. The number of halogens is 1. The van der Waals surface area contributed by atoms with Crippen molar-refractivity contribution in [2.24, 2.45) is 51.8 Å². The molecule has 4 unspecified atom stereocenters. The van der Waals surface area contributed by atoms with E-state index in [4.69, 9.17) is 17.2 Å². The van der Waals surface area contributed by atoms with Crippen LogP contribution in [0.5, 0.6) is 5.75 Å². The van der Waals surface area contributed by atoms with Gasteiger partial charge in [-0.05, 0) is 184 Å². The number of guanidine groups is 1. The van der Waals surface area contributed by atoms with Crippen LogP contribution < -0.4 is 65.1 Å². The molecule has 3 aromatic rings. The number of unbranched alkanes of at least 4 members (excludes halogenated alkanes) is 1. The average molecular weight is 1550 g/mol. The molecule has 103 heavy (non-hydrogen) atoms. The number of piperidine rings is 2. The van der Waals surface area contributed by atoms with E-state index in [1.807, 2.05) is 52.9 Å². The van der Waals surface area contributed by atoms with Gasteiger partial charge in [0.25, 0.3) is 5.91 Å². The Hall–Kier alpha value is -8.19. The summed E-state index contributed by atoms with van der Waals surface area (Å²) in [6, 6.07) is 15.2. The van der Waals surface area contributed by atoms with E-state index in [9.17, 15) is 38.7 Å². The minimum atomic E-state index is -1.37. The second-order valence-corrected chi connectivity index (χ2v) is 30.3. The summed E-state index contributed by atoms with van der Waals surface area (Å²) in [4.78, 5) is 155. The maximum Gasteiger partial charge on any atom is 0.256 e. The number of hydrogen-bond donors (Lipinski definition) is 13. The van der Waals surface area contributed by atoms with Crippen LogP contribution in [-0.4, -0.2) is 189 Å². The number of aliphatic imine (C=N–C) groups is 1. The number of alkyl halides is 1. The molecule has 26 nitrogen and oxygen atoms in total. The number of ketones is 2. The predicted octanol–water partition coefficient (Wildman–Crippen LogP) is 2.56. The van der Waals surface area contributed by atoms with Crippen molar-refractivity contribution in [2.45, 2.75) is 169 Å². The van der Waals surface area contributed by atoms with E-state index in [0.29, 0.717) is 72.4 Å². The van der Waals surface area contributed by atoms with E-state index in [1.165, 1.54) is 47.0 Å².